The number of benzene rings is 4. The number of ether oxygens (including phenoxy) is 4. The Hall–Kier alpha value is -5.78. The van der Waals surface area contributed by atoms with Crippen LogP contribution in [0.5, 0.6) is 23.0 Å². The summed E-state index contributed by atoms with van der Waals surface area (Å²) in [4.78, 5) is 41.2. The Balaban J connectivity index is 0.000000201. The number of anilines is 1. The number of nitro groups is 1. The van der Waals surface area contributed by atoms with Crippen molar-refractivity contribution in [3.05, 3.63) is 117 Å². The van der Waals surface area contributed by atoms with Crippen LogP contribution in [0.4, 0.5) is 11.4 Å². The summed E-state index contributed by atoms with van der Waals surface area (Å²) in [6.45, 7) is 11.2. The van der Waals surface area contributed by atoms with Crippen molar-refractivity contribution in [2.24, 2.45) is 10.8 Å². The van der Waals surface area contributed by atoms with Crippen molar-refractivity contribution in [2.45, 2.75) is 97.7 Å². The van der Waals surface area contributed by atoms with Crippen molar-refractivity contribution in [3.8, 4) is 23.0 Å². The third kappa shape index (κ3) is 9.58. The van der Waals surface area contributed by atoms with Crippen LogP contribution in [0.1, 0.15) is 94.9 Å². The molecule has 4 aliphatic rings. The largest absolute Gasteiger partial charge is 0.493 e. The van der Waals surface area contributed by atoms with Gasteiger partial charge in [-0.25, -0.2) is 0 Å². The van der Waals surface area contributed by atoms with Gasteiger partial charge >= 0.3 is 0 Å². The van der Waals surface area contributed by atoms with E-state index in [1.165, 1.54) is 41.5 Å². The number of carbonyl (C=O) groups is 2. The second-order valence-corrected chi connectivity index (χ2v) is 17.9. The van der Waals surface area contributed by atoms with Gasteiger partial charge < -0.3 is 34.5 Å². The number of nitrogens with two attached hydrogens (primary N) is 1. The molecule has 0 saturated carbocycles. The van der Waals surface area contributed by atoms with Gasteiger partial charge in [-0.05, 0) is 66.1 Å². The molecule has 2 aliphatic heterocycles. The first-order chi connectivity index (χ1) is 28.7. The van der Waals surface area contributed by atoms with E-state index in [1.54, 1.807) is 19.2 Å². The van der Waals surface area contributed by atoms with Gasteiger partial charge in [0.25, 0.3) is 5.69 Å². The Morgan fingerprint density at radius 1 is 0.656 bits per heavy atom. The Morgan fingerprint density at radius 2 is 1.10 bits per heavy atom. The first-order valence-electron chi connectivity index (χ1n) is 21.0. The SMILES string of the molecule is C.COc1cc(N)ccc1OC1CCN(C(=O)C2CCc3ccccc32)CC1(C)C.COc1cc([N+](=O)[O-])ccc1OC1CCN(C(=O)C2CCc3ccccc32)CC1(C)C. The fourth-order valence-electron chi connectivity index (χ4n) is 9.51. The Bertz CT molecular complexity index is 2220. The number of piperidine rings is 2. The molecule has 2 fully saturated rings. The van der Waals surface area contributed by atoms with Crippen molar-refractivity contribution in [1.82, 2.24) is 9.80 Å². The average molecular weight is 835 g/mol. The summed E-state index contributed by atoms with van der Waals surface area (Å²) in [6, 6.07) is 26.4. The average Bonchev–Trinajstić information content (AvgIpc) is 3.87. The van der Waals surface area contributed by atoms with Crippen LogP contribution >= 0.6 is 0 Å². The Labute approximate surface area is 360 Å². The van der Waals surface area contributed by atoms with Crippen molar-refractivity contribution in [1.29, 1.82) is 0 Å². The van der Waals surface area contributed by atoms with Crippen LogP contribution in [0.2, 0.25) is 0 Å². The van der Waals surface area contributed by atoms with Gasteiger partial charge in [0.15, 0.2) is 23.0 Å². The van der Waals surface area contributed by atoms with E-state index in [9.17, 15) is 19.7 Å². The molecule has 4 atom stereocenters. The van der Waals surface area contributed by atoms with E-state index in [2.05, 4.69) is 58.0 Å². The first-order valence-corrected chi connectivity index (χ1v) is 21.0. The number of methoxy groups -OCH3 is 2. The molecular formula is C49H62N4O8. The number of amides is 2. The molecule has 4 aromatic carbocycles. The molecule has 4 unspecified atom stereocenters. The molecule has 8 rings (SSSR count). The summed E-state index contributed by atoms with van der Waals surface area (Å²) < 4.78 is 23.3. The number of aryl methyl sites for hydroxylation is 2. The highest BCUT2D eigenvalue weighted by molar-refractivity contribution is 5.86. The summed E-state index contributed by atoms with van der Waals surface area (Å²) in [5.74, 6) is 2.56. The van der Waals surface area contributed by atoms with Crippen LogP contribution < -0.4 is 24.7 Å². The third-order valence-corrected chi connectivity index (χ3v) is 12.8. The van der Waals surface area contributed by atoms with Crippen LogP contribution in [-0.2, 0) is 22.4 Å². The van der Waals surface area contributed by atoms with E-state index in [4.69, 9.17) is 24.7 Å². The summed E-state index contributed by atoms with van der Waals surface area (Å²) in [5, 5.41) is 11.0. The number of likely N-dealkylation sites (tertiary alicyclic amines) is 2. The van der Waals surface area contributed by atoms with E-state index < -0.39 is 4.92 Å². The standard InChI is InChI=1S/C24H28N2O5.C24H30N2O3.CH4/c1-24(2)15-25(23(27)19-10-8-16-6-4-5-7-18(16)19)13-12-22(24)31-20-11-9-17(26(28)29)14-21(20)30-3;1-24(2)15-26(23(27)19-10-8-16-6-4-5-7-18(16)19)13-12-22(24)29-20-11-9-17(25)14-21(20)28-3;/h4-7,9,11,14,19,22H,8,10,12-13,15H2,1-3H3;4-7,9,11,14,19,22H,8,10,12-13,15,25H2,1-3H3;1H4. The maximum atomic E-state index is 13.3. The minimum absolute atomic E-state index is 0. The number of nitrogen functional groups attached to an aromatic ring is 1. The lowest BCUT2D eigenvalue weighted by molar-refractivity contribution is -0.385. The zero-order valence-electron chi connectivity index (χ0n) is 35.6. The zero-order chi connectivity index (χ0) is 42.8. The molecule has 326 valence electrons. The van der Waals surface area contributed by atoms with Gasteiger partial charge in [-0.3, -0.25) is 19.7 Å². The molecule has 2 amide bonds. The fraction of sp³-hybridized carbons (Fsp3) is 0.469. The molecule has 4 aromatic rings. The number of hydrogen-bond donors (Lipinski definition) is 1. The normalized spacial score (nSPS) is 22.0. The molecule has 2 saturated heterocycles. The first kappa shape index (κ1) is 44.8. The molecule has 2 N–H and O–H groups in total. The maximum Gasteiger partial charge on any atom is 0.273 e. The van der Waals surface area contributed by atoms with E-state index in [0.29, 0.717) is 61.3 Å². The Kier molecular flexibility index (Phi) is 13.5. The van der Waals surface area contributed by atoms with Crippen LogP contribution in [0.3, 0.4) is 0 Å². The summed E-state index contributed by atoms with van der Waals surface area (Å²) in [6.07, 6.45) is 5.07. The van der Waals surface area contributed by atoms with E-state index in [1.807, 2.05) is 40.1 Å². The molecule has 0 radical (unpaired) electrons. The van der Waals surface area contributed by atoms with Gasteiger partial charge in [0.2, 0.25) is 11.8 Å². The number of rotatable bonds is 9. The Morgan fingerprint density at radius 3 is 1.54 bits per heavy atom. The lowest BCUT2D eigenvalue weighted by Crippen LogP contribution is -2.53. The van der Waals surface area contributed by atoms with E-state index >= 15 is 0 Å². The zero-order valence-corrected chi connectivity index (χ0v) is 35.6. The van der Waals surface area contributed by atoms with Crippen molar-refractivity contribution >= 4 is 23.2 Å². The molecule has 2 heterocycles. The quantitative estimate of drug-likeness (QED) is 0.0992. The van der Waals surface area contributed by atoms with Gasteiger partial charge in [-0.2, -0.15) is 0 Å². The number of nitro benzene ring substituents is 1. The molecule has 2 aliphatic carbocycles. The minimum atomic E-state index is -0.457. The van der Waals surface area contributed by atoms with Gasteiger partial charge in [-0.1, -0.05) is 83.7 Å². The van der Waals surface area contributed by atoms with Crippen LogP contribution in [0.25, 0.3) is 0 Å². The topological polar surface area (TPSA) is 147 Å². The highest BCUT2D eigenvalue weighted by Crippen LogP contribution is 2.42. The van der Waals surface area contributed by atoms with Crippen molar-refractivity contribution < 1.29 is 33.5 Å². The predicted molar refractivity (Wildman–Crippen MR) is 238 cm³/mol. The van der Waals surface area contributed by atoms with Crippen LogP contribution in [0, 0.1) is 20.9 Å². The van der Waals surface area contributed by atoms with Gasteiger partial charge in [-0.15, -0.1) is 0 Å². The summed E-state index contributed by atoms with van der Waals surface area (Å²) in [5.41, 5.74) is 11.0. The summed E-state index contributed by atoms with van der Waals surface area (Å²) >= 11 is 0. The molecule has 0 bridgehead atoms. The smallest absolute Gasteiger partial charge is 0.273 e. The fourth-order valence-corrected chi connectivity index (χ4v) is 9.51. The lowest BCUT2D eigenvalue weighted by atomic mass is 9.80. The lowest BCUT2D eigenvalue weighted by Gasteiger charge is -2.44. The van der Waals surface area contributed by atoms with Gasteiger partial charge in [0.1, 0.15) is 12.2 Å². The molecule has 0 spiro atoms. The van der Waals surface area contributed by atoms with Crippen LogP contribution in [0.15, 0.2) is 84.9 Å². The predicted octanol–water partition coefficient (Wildman–Crippen LogP) is 8.99. The van der Waals surface area contributed by atoms with E-state index in [-0.39, 0.29) is 59.8 Å². The van der Waals surface area contributed by atoms with Crippen molar-refractivity contribution in [3.63, 3.8) is 0 Å². The molecule has 12 heteroatoms. The molecular weight excluding hydrogens is 773 g/mol. The second-order valence-electron chi connectivity index (χ2n) is 17.9. The highest BCUT2D eigenvalue weighted by Gasteiger charge is 2.43. The van der Waals surface area contributed by atoms with Crippen molar-refractivity contribution in [2.75, 3.05) is 46.1 Å². The molecule has 61 heavy (non-hydrogen) atoms. The number of carbonyl (C=O) groups excluding carboxylic acids is 2. The highest BCUT2D eigenvalue weighted by atomic mass is 16.6. The maximum absolute atomic E-state index is 13.3. The molecule has 0 aromatic heterocycles. The monoisotopic (exact) mass is 834 g/mol. The number of nitrogens with zero attached hydrogens (tertiary/aromatic N) is 3. The van der Waals surface area contributed by atoms with Crippen LogP contribution in [-0.4, -0.2) is 79.1 Å². The van der Waals surface area contributed by atoms with Gasteiger partial charge in [0, 0.05) is 67.7 Å². The minimum Gasteiger partial charge on any atom is -0.493 e. The van der Waals surface area contributed by atoms with E-state index in [0.717, 1.165) is 32.1 Å². The molecule has 12 nitrogen and oxygen atoms in total. The summed E-state index contributed by atoms with van der Waals surface area (Å²) in [7, 11) is 3.09. The second kappa shape index (κ2) is 18.5. The number of fused-ring (bicyclic) bond motifs is 2. The van der Waals surface area contributed by atoms with Gasteiger partial charge in [0.05, 0.1) is 37.0 Å². The third-order valence-electron chi connectivity index (χ3n) is 12.8. The number of hydrogen-bond acceptors (Lipinski definition) is 9. The number of non-ortho nitro benzene ring substituents is 1.